The molecule has 0 unspecified atom stereocenters. The van der Waals surface area contributed by atoms with Gasteiger partial charge in [-0.1, -0.05) is 0 Å². The molecule has 5 nitrogen and oxygen atoms in total. The van der Waals surface area contributed by atoms with Gasteiger partial charge >= 0.3 is 0 Å². The van der Waals surface area contributed by atoms with Crippen molar-refractivity contribution in [3.8, 4) is 22.8 Å². The van der Waals surface area contributed by atoms with Crippen molar-refractivity contribution < 1.29 is 14.3 Å². The number of hydrogen-bond acceptors (Lipinski definition) is 5. The Balaban J connectivity index is 1.72. The molecule has 2 aromatic heterocycles. The van der Waals surface area contributed by atoms with E-state index in [9.17, 15) is 4.79 Å². The second-order valence-electron chi connectivity index (χ2n) is 5.83. The summed E-state index contributed by atoms with van der Waals surface area (Å²) in [7, 11) is 0. The van der Waals surface area contributed by atoms with Gasteiger partial charge in [-0.05, 0) is 43.9 Å². The van der Waals surface area contributed by atoms with E-state index < -0.39 is 0 Å². The van der Waals surface area contributed by atoms with Crippen LogP contribution in [0.5, 0.6) is 11.5 Å². The number of fused-ring (bicyclic) bond motifs is 4. The van der Waals surface area contributed by atoms with Crippen LogP contribution in [0.1, 0.15) is 33.9 Å². The predicted octanol–water partition coefficient (Wildman–Crippen LogP) is 3.48. The Morgan fingerprint density at radius 3 is 2.96 bits per heavy atom. The maximum Gasteiger partial charge on any atom is 0.231 e. The molecule has 0 bridgehead atoms. The SMILES string of the molecule is O=Cc1c(-c2ccc3c(c2)OCO3)nc2sc3c(n12)CCCC3. The van der Waals surface area contributed by atoms with Gasteiger partial charge in [0.25, 0.3) is 0 Å². The molecule has 3 aromatic rings. The Bertz CT molecular complexity index is 941. The molecule has 0 amide bonds. The van der Waals surface area contributed by atoms with Gasteiger partial charge in [0.05, 0.1) is 0 Å². The van der Waals surface area contributed by atoms with E-state index >= 15 is 0 Å². The van der Waals surface area contributed by atoms with Crippen LogP contribution in [0.25, 0.3) is 16.2 Å². The van der Waals surface area contributed by atoms with E-state index in [0.717, 1.165) is 41.1 Å². The van der Waals surface area contributed by atoms with Gasteiger partial charge in [-0.2, -0.15) is 0 Å². The third kappa shape index (κ3) is 1.84. The van der Waals surface area contributed by atoms with E-state index in [1.807, 2.05) is 22.6 Å². The number of aromatic nitrogens is 2. The maximum absolute atomic E-state index is 11.8. The highest BCUT2D eigenvalue weighted by atomic mass is 32.1. The van der Waals surface area contributed by atoms with Crippen molar-refractivity contribution in [1.29, 1.82) is 0 Å². The van der Waals surface area contributed by atoms with E-state index in [0.29, 0.717) is 11.4 Å². The molecule has 2 aliphatic rings. The van der Waals surface area contributed by atoms with Gasteiger partial charge in [0.2, 0.25) is 6.79 Å². The second-order valence-corrected chi connectivity index (χ2v) is 6.89. The summed E-state index contributed by atoms with van der Waals surface area (Å²) in [6.07, 6.45) is 5.44. The Kier molecular flexibility index (Phi) is 2.76. The van der Waals surface area contributed by atoms with Gasteiger partial charge in [-0.15, -0.1) is 11.3 Å². The maximum atomic E-state index is 11.8. The average Bonchev–Trinajstić information content (AvgIpc) is 3.26. The van der Waals surface area contributed by atoms with Crippen molar-refractivity contribution in [1.82, 2.24) is 9.38 Å². The number of carbonyl (C=O) groups is 1. The van der Waals surface area contributed by atoms with E-state index in [1.54, 1.807) is 11.3 Å². The van der Waals surface area contributed by atoms with Crippen LogP contribution in [0.2, 0.25) is 0 Å². The van der Waals surface area contributed by atoms with Crippen molar-refractivity contribution in [2.45, 2.75) is 25.7 Å². The number of hydrogen-bond donors (Lipinski definition) is 0. The number of rotatable bonds is 2. The smallest absolute Gasteiger partial charge is 0.231 e. The fraction of sp³-hybridized carbons (Fsp3) is 0.294. The van der Waals surface area contributed by atoms with Crippen molar-refractivity contribution in [3.05, 3.63) is 34.5 Å². The number of nitrogens with zero attached hydrogens (tertiary/aromatic N) is 2. The van der Waals surface area contributed by atoms with E-state index in [-0.39, 0.29) is 6.79 Å². The third-order valence-corrected chi connectivity index (χ3v) is 5.66. The van der Waals surface area contributed by atoms with Gasteiger partial charge in [0, 0.05) is 16.1 Å². The number of aldehydes is 1. The normalized spacial score (nSPS) is 15.8. The molecule has 0 saturated heterocycles. The predicted molar refractivity (Wildman–Crippen MR) is 86.7 cm³/mol. The first-order valence-electron chi connectivity index (χ1n) is 7.73. The van der Waals surface area contributed by atoms with Crippen molar-refractivity contribution in [2.75, 3.05) is 6.79 Å². The Hall–Kier alpha value is -2.34. The van der Waals surface area contributed by atoms with E-state index in [1.165, 1.54) is 23.4 Å². The molecule has 0 fully saturated rings. The van der Waals surface area contributed by atoms with E-state index in [2.05, 4.69) is 0 Å². The number of thiazole rings is 1. The molecule has 1 aromatic carbocycles. The number of imidazole rings is 1. The third-order valence-electron chi connectivity index (χ3n) is 4.51. The molecule has 6 heteroatoms. The van der Waals surface area contributed by atoms with Gasteiger partial charge in [-0.3, -0.25) is 9.20 Å². The first-order valence-corrected chi connectivity index (χ1v) is 8.55. The standard InChI is InChI=1S/C17H14N2O3S/c20-8-12-16(10-5-6-13-14(7-10)22-9-21-13)18-17-19(12)11-3-1-2-4-15(11)23-17/h5-8H,1-4,9H2. The minimum atomic E-state index is 0.241. The second kappa shape index (κ2) is 4.83. The van der Waals surface area contributed by atoms with Crippen LogP contribution >= 0.6 is 11.3 Å². The molecule has 0 N–H and O–H groups in total. The molecule has 0 saturated carbocycles. The summed E-state index contributed by atoms with van der Waals surface area (Å²) in [5.41, 5.74) is 3.51. The lowest BCUT2D eigenvalue weighted by molar-refractivity contribution is 0.111. The minimum absolute atomic E-state index is 0.241. The summed E-state index contributed by atoms with van der Waals surface area (Å²) in [5.74, 6) is 1.44. The highest BCUT2D eigenvalue weighted by molar-refractivity contribution is 7.17. The average molecular weight is 326 g/mol. The molecule has 0 atom stereocenters. The number of benzene rings is 1. The van der Waals surface area contributed by atoms with Gasteiger partial charge in [0.15, 0.2) is 22.7 Å². The van der Waals surface area contributed by atoms with Crippen LogP contribution in [0.3, 0.4) is 0 Å². The van der Waals surface area contributed by atoms with E-state index in [4.69, 9.17) is 14.5 Å². The lowest BCUT2D eigenvalue weighted by Crippen LogP contribution is -2.04. The summed E-state index contributed by atoms with van der Waals surface area (Å²) in [4.78, 5) is 18.8. The van der Waals surface area contributed by atoms with Crippen LogP contribution in [0.4, 0.5) is 0 Å². The zero-order chi connectivity index (χ0) is 15.4. The monoisotopic (exact) mass is 326 g/mol. The van der Waals surface area contributed by atoms with Crippen LogP contribution in [0, 0.1) is 0 Å². The molecule has 0 spiro atoms. The first kappa shape index (κ1) is 13.1. The number of carbonyl (C=O) groups excluding carboxylic acids is 1. The van der Waals surface area contributed by atoms with Crippen molar-refractivity contribution in [3.63, 3.8) is 0 Å². The summed E-state index contributed by atoms with van der Waals surface area (Å²) in [6.45, 7) is 0.241. The fourth-order valence-corrected chi connectivity index (χ4v) is 4.64. The van der Waals surface area contributed by atoms with Crippen LogP contribution in [-0.4, -0.2) is 22.5 Å². The van der Waals surface area contributed by atoms with Crippen LogP contribution in [0.15, 0.2) is 18.2 Å². The lowest BCUT2D eigenvalue weighted by atomic mass is 10.0. The van der Waals surface area contributed by atoms with Gasteiger partial charge in [-0.25, -0.2) is 4.98 Å². The minimum Gasteiger partial charge on any atom is -0.454 e. The zero-order valence-corrected chi connectivity index (χ0v) is 13.2. The Labute approximate surface area is 136 Å². The first-order chi connectivity index (χ1) is 11.3. The topological polar surface area (TPSA) is 52.8 Å². The Morgan fingerprint density at radius 2 is 2.04 bits per heavy atom. The van der Waals surface area contributed by atoms with Crippen LogP contribution < -0.4 is 9.47 Å². The summed E-state index contributed by atoms with van der Waals surface area (Å²) >= 11 is 1.71. The highest BCUT2D eigenvalue weighted by Gasteiger charge is 2.24. The summed E-state index contributed by atoms with van der Waals surface area (Å²) in [6, 6.07) is 5.70. The molecule has 1 aliphatic heterocycles. The van der Waals surface area contributed by atoms with Crippen LogP contribution in [-0.2, 0) is 12.8 Å². The molecule has 1 aliphatic carbocycles. The molecule has 5 rings (SSSR count). The summed E-state index contributed by atoms with van der Waals surface area (Å²) in [5, 5.41) is 0. The highest BCUT2D eigenvalue weighted by Crippen LogP contribution is 2.38. The quantitative estimate of drug-likeness (QED) is 0.677. The van der Waals surface area contributed by atoms with Crippen molar-refractivity contribution in [2.24, 2.45) is 0 Å². The van der Waals surface area contributed by atoms with Crippen molar-refractivity contribution >= 4 is 22.6 Å². The molecular weight excluding hydrogens is 312 g/mol. The fourth-order valence-electron chi connectivity index (χ4n) is 3.42. The largest absolute Gasteiger partial charge is 0.454 e. The molecular formula is C17H14N2O3S. The molecule has 116 valence electrons. The molecule has 3 heterocycles. The Morgan fingerprint density at radius 1 is 1.17 bits per heavy atom. The molecule has 0 radical (unpaired) electrons. The summed E-state index contributed by atoms with van der Waals surface area (Å²) < 4.78 is 12.8. The number of ether oxygens (including phenoxy) is 2. The number of aryl methyl sites for hydroxylation is 2. The van der Waals surface area contributed by atoms with Gasteiger partial charge in [0.1, 0.15) is 11.4 Å². The lowest BCUT2D eigenvalue weighted by Gasteiger charge is -2.11. The molecule has 23 heavy (non-hydrogen) atoms. The zero-order valence-electron chi connectivity index (χ0n) is 12.4. The van der Waals surface area contributed by atoms with Gasteiger partial charge < -0.3 is 9.47 Å².